The second-order valence-electron chi connectivity index (χ2n) is 6.79. The first-order valence-electron chi connectivity index (χ1n) is 10.1. The molecule has 1 rings (SSSR count). The Morgan fingerprint density at radius 2 is 1.19 bits per heavy atom. The molecule has 0 spiro atoms. The average Bonchev–Trinajstić information content (AvgIpc) is 2.75. The fourth-order valence-electron chi connectivity index (χ4n) is 2.66. The number of rotatable bonds is 12. The van der Waals surface area contributed by atoms with Crippen LogP contribution >= 0.6 is 0 Å². The molecule has 12 heteroatoms. The Balaban J connectivity index is 3.18. The van der Waals surface area contributed by atoms with Gasteiger partial charge in [0.25, 0.3) is 0 Å². The third-order valence-corrected chi connectivity index (χ3v) is 4.06. The highest BCUT2D eigenvalue weighted by molar-refractivity contribution is 5.82. The van der Waals surface area contributed by atoms with E-state index in [9.17, 15) is 34.2 Å². The van der Waals surface area contributed by atoms with Crippen molar-refractivity contribution in [2.24, 2.45) is 0 Å². The van der Waals surface area contributed by atoms with Gasteiger partial charge in [0.2, 0.25) is 0 Å². The summed E-state index contributed by atoms with van der Waals surface area (Å²) in [5.74, 6) is -1.41. The van der Waals surface area contributed by atoms with E-state index in [1.54, 1.807) is 20.8 Å². The van der Waals surface area contributed by atoms with E-state index < -0.39 is 67.5 Å². The average molecular weight is 455 g/mol. The Kier molecular flexibility index (Phi) is 11.1. The van der Waals surface area contributed by atoms with Gasteiger partial charge >= 0.3 is 29.0 Å². The Morgan fingerprint density at radius 1 is 0.812 bits per heavy atom. The zero-order chi connectivity index (χ0) is 24.3. The molecule has 0 aliphatic heterocycles. The van der Waals surface area contributed by atoms with Gasteiger partial charge in [0.1, 0.15) is 25.4 Å². The van der Waals surface area contributed by atoms with Crippen LogP contribution in [0.4, 0.5) is 0 Å². The summed E-state index contributed by atoms with van der Waals surface area (Å²) in [6.45, 7) is 2.87. The maximum absolute atomic E-state index is 12.8. The van der Waals surface area contributed by atoms with E-state index in [1.165, 1.54) is 12.2 Å². The molecule has 0 bridgehead atoms. The van der Waals surface area contributed by atoms with E-state index in [0.717, 1.165) is 16.7 Å². The number of carbonyl (C=O) groups is 2. The number of nitrogens with zero attached hydrogens (tertiary/aromatic N) is 3. The summed E-state index contributed by atoms with van der Waals surface area (Å²) >= 11 is 0. The maximum atomic E-state index is 12.8. The smallest absolute Gasteiger partial charge is 0.336 e. The molecule has 1 aromatic heterocycles. The van der Waals surface area contributed by atoms with Gasteiger partial charge < -0.3 is 19.7 Å². The fraction of sp³-hybridized carbons (Fsp3) is 0.550. The summed E-state index contributed by atoms with van der Waals surface area (Å²) in [6, 6.07) is 0. The molecular weight excluding hydrogens is 426 g/mol. The topological polar surface area (TPSA) is 159 Å². The van der Waals surface area contributed by atoms with E-state index in [1.807, 2.05) is 0 Å². The van der Waals surface area contributed by atoms with Gasteiger partial charge in [-0.2, -0.15) is 0 Å². The number of aliphatic hydroxyl groups is 2. The summed E-state index contributed by atoms with van der Waals surface area (Å²) in [5, 5.41) is 20.2. The molecule has 2 atom stereocenters. The maximum Gasteiger partial charge on any atom is 0.336 e. The van der Waals surface area contributed by atoms with Gasteiger partial charge in [-0.1, -0.05) is 19.1 Å². The molecule has 32 heavy (non-hydrogen) atoms. The van der Waals surface area contributed by atoms with Crippen LogP contribution in [0.1, 0.15) is 27.2 Å². The van der Waals surface area contributed by atoms with E-state index >= 15 is 0 Å². The van der Waals surface area contributed by atoms with Crippen LogP contribution in [-0.2, 0) is 38.7 Å². The molecule has 2 N–H and O–H groups in total. The van der Waals surface area contributed by atoms with Gasteiger partial charge in [0.15, 0.2) is 0 Å². The minimum atomic E-state index is -1.40. The minimum Gasteiger partial charge on any atom is -0.460 e. The first-order valence-corrected chi connectivity index (χ1v) is 10.1. The lowest BCUT2D eigenvalue weighted by molar-refractivity contribution is -0.141. The number of ether oxygens (including phenoxy) is 2. The molecule has 0 aliphatic carbocycles. The molecule has 0 saturated carbocycles. The van der Waals surface area contributed by atoms with Crippen LogP contribution in [0.15, 0.2) is 38.7 Å². The van der Waals surface area contributed by atoms with Crippen LogP contribution in [0.25, 0.3) is 0 Å². The molecule has 2 unspecified atom stereocenters. The van der Waals surface area contributed by atoms with Crippen molar-refractivity contribution in [3.63, 3.8) is 0 Å². The molecule has 0 aliphatic rings. The Bertz CT molecular complexity index is 942. The predicted molar refractivity (Wildman–Crippen MR) is 113 cm³/mol. The van der Waals surface area contributed by atoms with Crippen LogP contribution < -0.4 is 17.1 Å². The lowest BCUT2D eigenvalue weighted by Crippen LogP contribution is -2.56. The van der Waals surface area contributed by atoms with Gasteiger partial charge in [-0.15, -0.1) is 0 Å². The lowest BCUT2D eigenvalue weighted by atomic mass is 10.3. The number of hydrogen-bond donors (Lipinski definition) is 2. The van der Waals surface area contributed by atoms with Crippen molar-refractivity contribution in [2.75, 3.05) is 13.2 Å². The summed E-state index contributed by atoms with van der Waals surface area (Å²) in [4.78, 5) is 60.8. The van der Waals surface area contributed by atoms with Crippen LogP contribution in [0.5, 0.6) is 0 Å². The molecule has 12 nitrogen and oxygen atoms in total. The highest BCUT2D eigenvalue weighted by Gasteiger charge is 2.20. The predicted octanol–water partition coefficient (Wildman–Crippen LogP) is -1.46. The molecule has 0 fully saturated rings. The Hall–Kier alpha value is -3.25. The second-order valence-corrected chi connectivity index (χ2v) is 6.79. The first-order chi connectivity index (χ1) is 15.2. The number of hydrogen-bond acceptors (Lipinski definition) is 9. The Labute approximate surface area is 183 Å². The van der Waals surface area contributed by atoms with Crippen LogP contribution in [0, 0.1) is 0 Å². The zero-order valence-corrected chi connectivity index (χ0v) is 18.3. The quantitative estimate of drug-likeness (QED) is 0.284. The highest BCUT2D eigenvalue weighted by atomic mass is 16.5. The van der Waals surface area contributed by atoms with Crippen molar-refractivity contribution in [1.82, 2.24) is 13.7 Å². The van der Waals surface area contributed by atoms with Crippen molar-refractivity contribution >= 4 is 11.9 Å². The SMILES string of the molecule is CC=CC(=O)OCC(O)Cn1c(=O)n(CCC)c(=O)n(CC(O)COC(=O)C=CC)c1=O. The van der Waals surface area contributed by atoms with E-state index in [-0.39, 0.29) is 6.54 Å². The zero-order valence-electron chi connectivity index (χ0n) is 18.3. The van der Waals surface area contributed by atoms with Crippen molar-refractivity contribution in [2.45, 2.75) is 59.0 Å². The fourth-order valence-corrected chi connectivity index (χ4v) is 2.66. The van der Waals surface area contributed by atoms with Crippen LogP contribution in [0.3, 0.4) is 0 Å². The molecule has 0 aromatic carbocycles. The second kappa shape index (κ2) is 13.2. The third kappa shape index (κ3) is 7.78. The third-order valence-electron chi connectivity index (χ3n) is 4.06. The number of aliphatic hydroxyl groups excluding tert-OH is 2. The molecule has 0 amide bonds. The Morgan fingerprint density at radius 3 is 1.53 bits per heavy atom. The summed E-state index contributed by atoms with van der Waals surface area (Å²) in [7, 11) is 0. The van der Waals surface area contributed by atoms with Crippen molar-refractivity contribution in [3.8, 4) is 0 Å². The van der Waals surface area contributed by atoms with E-state index in [4.69, 9.17) is 9.47 Å². The number of esters is 2. The minimum absolute atomic E-state index is 0.00328. The lowest BCUT2D eigenvalue weighted by Gasteiger charge is -2.17. The number of carbonyl (C=O) groups excluding carboxylic acids is 2. The molecule has 0 radical (unpaired) electrons. The van der Waals surface area contributed by atoms with Gasteiger partial charge in [0.05, 0.1) is 13.1 Å². The molecule has 178 valence electrons. The number of allylic oxidation sites excluding steroid dienone is 2. The molecular formula is C20H29N3O9. The van der Waals surface area contributed by atoms with Crippen molar-refractivity contribution < 1.29 is 29.3 Å². The first kappa shape index (κ1) is 26.8. The highest BCUT2D eigenvalue weighted by Crippen LogP contribution is 1.94. The van der Waals surface area contributed by atoms with Crippen LogP contribution in [0.2, 0.25) is 0 Å². The van der Waals surface area contributed by atoms with Gasteiger partial charge in [-0.3, -0.25) is 0 Å². The molecule has 1 heterocycles. The summed E-state index contributed by atoms with van der Waals surface area (Å²) in [5.41, 5.74) is -2.94. The van der Waals surface area contributed by atoms with Gasteiger partial charge in [0, 0.05) is 18.7 Å². The van der Waals surface area contributed by atoms with Gasteiger partial charge in [-0.05, 0) is 20.3 Å². The van der Waals surface area contributed by atoms with Crippen LogP contribution in [-0.4, -0.2) is 61.3 Å². The van der Waals surface area contributed by atoms with E-state index in [0.29, 0.717) is 15.6 Å². The molecule has 0 saturated heterocycles. The standard InChI is InChI=1S/C20H29N3O9/c1-4-7-16(26)31-12-14(24)10-22-18(28)21(9-6-3)19(29)23(20(22)30)11-15(25)13-32-17(27)8-5-2/h4-5,7-8,14-15,24-25H,6,9-13H2,1-3H3. The van der Waals surface area contributed by atoms with Crippen molar-refractivity contribution in [1.29, 1.82) is 0 Å². The summed E-state index contributed by atoms with van der Waals surface area (Å²) in [6.07, 6.45) is 2.76. The molecule has 1 aromatic rings. The van der Waals surface area contributed by atoms with Gasteiger partial charge in [-0.25, -0.2) is 37.7 Å². The van der Waals surface area contributed by atoms with Crippen molar-refractivity contribution in [3.05, 3.63) is 55.8 Å². The summed E-state index contributed by atoms with van der Waals surface area (Å²) < 4.78 is 11.7. The largest absolute Gasteiger partial charge is 0.460 e. The monoisotopic (exact) mass is 455 g/mol. The van der Waals surface area contributed by atoms with E-state index in [2.05, 4.69) is 0 Å². The normalized spacial score (nSPS) is 13.4. The number of aromatic nitrogens is 3.